The van der Waals surface area contributed by atoms with Crippen LogP contribution in [-0.4, -0.2) is 35.1 Å². The normalized spacial score (nSPS) is 13.9. The second kappa shape index (κ2) is 11.7. The van der Waals surface area contributed by atoms with E-state index >= 15 is 4.39 Å². The van der Waals surface area contributed by atoms with Crippen molar-refractivity contribution in [3.8, 4) is 0 Å². The molecule has 41 heavy (non-hydrogen) atoms. The number of hydrogen-bond donors (Lipinski definition) is 1. The van der Waals surface area contributed by atoms with Gasteiger partial charge in [0.05, 0.1) is 45.4 Å². The maximum Gasteiger partial charge on any atom is 0.457 e. The van der Waals surface area contributed by atoms with Crippen LogP contribution in [0.1, 0.15) is 26.3 Å². The van der Waals surface area contributed by atoms with Gasteiger partial charge in [0.1, 0.15) is 5.15 Å². The molecule has 0 spiro atoms. The molecular weight excluding hydrogens is 830 g/mol. The fraction of sp³-hybridized carbons (Fsp3) is 0.174. The highest BCUT2D eigenvalue weighted by Gasteiger charge is 2.81. The van der Waals surface area contributed by atoms with Crippen molar-refractivity contribution in [3.05, 3.63) is 86.0 Å². The molecule has 0 saturated carbocycles. The van der Waals surface area contributed by atoms with Gasteiger partial charge in [-0.15, -0.1) is 0 Å². The van der Waals surface area contributed by atoms with Gasteiger partial charge in [-0.1, -0.05) is 23.7 Å². The lowest BCUT2D eigenvalue weighted by atomic mass is 9.87. The van der Waals surface area contributed by atoms with Crippen molar-refractivity contribution < 1.29 is 53.5 Å². The van der Waals surface area contributed by atoms with Crippen LogP contribution in [0.5, 0.6) is 0 Å². The van der Waals surface area contributed by atoms with Crippen LogP contribution in [0.4, 0.5) is 55.3 Å². The molecule has 2 amide bonds. The number of carbonyl (C=O) groups excluding carboxylic acids is 2. The lowest BCUT2D eigenvalue weighted by molar-refractivity contribution is -0.389. The van der Waals surface area contributed by atoms with E-state index in [1.165, 1.54) is 63.7 Å². The van der Waals surface area contributed by atoms with Gasteiger partial charge in [-0.25, -0.2) is 16.9 Å². The molecule has 1 heterocycles. The van der Waals surface area contributed by atoms with Crippen LogP contribution in [0.2, 0.25) is 5.15 Å². The molecule has 1 atom stereocenters. The first-order chi connectivity index (χ1) is 18.7. The molecule has 0 radical (unpaired) electrons. The molecule has 1 aromatic heterocycles. The molecule has 0 fully saturated rings. The second-order valence-corrected chi connectivity index (χ2v) is 10.5. The zero-order valence-electron chi connectivity index (χ0n) is 19.3. The standard InChI is InChI=1S/C23H10ClF10I2N3O2/c24-16-7-4-10(9-37-16)18(40)38-14-3-1-2-12(17(14)25)19(41)39(36)15-6-5-11(8-13(15)35)20(26,22(29,30)31)21(27,28)23(32,33)34/h1-9H,(H,38,40). The number of nitrogens with one attached hydrogen (secondary N) is 1. The summed E-state index contributed by atoms with van der Waals surface area (Å²) in [6.45, 7) is 0. The molecule has 1 N–H and O–H groups in total. The van der Waals surface area contributed by atoms with E-state index in [9.17, 15) is 49.1 Å². The van der Waals surface area contributed by atoms with Gasteiger partial charge in [0.2, 0.25) is 0 Å². The highest BCUT2D eigenvalue weighted by atomic mass is 127. The van der Waals surface area contributed by atoms with Crippen molar-refractivity contribution in [2.75, 3.05) is 8.43 Å². The minimum absolute atomic E-state index is 0.0106. The third-order valence-electron chi connectivity index (χ3n) is 5.38. The SMILES string of the molecule is O=C(Nc1cccc(C(=O)N(I)c2ccc(C(F)(C(F)(F)F)C(F)(F)C(F)(F)F)cc2I)c1F)c1ccc(Cl)nc1. The van der Waals surface area contributed by atoms with Crippen molar-refractivity contribution in [2.45, 2.75) is 23.9 Å². The Morgan fingerprint density at radius 1 is 0.902 bits per heavy atom. The third kappa shape index (κ3) is 6.20. The van der Waals surface area contributed by atoms with E-state index in [0.29, 0.717) is 9.18 Å². The molecule has 3 rings (SSSR count). The van der Waals surface area contributed by atoms with Crippen molar-refractivity contribution in [1.29, 1.82) is 0 Å². The van der Waals surface area contributed by atoms with E-state index in [-0.39, 0.29) is 22.8 Å². The Kier molecular flexibility index (Phi) is 9.44. The van der Waals surface area contributed by atoms with E-state index in [1.54, 1.807) is 0 Å². The average molecular weight is 840 g/mol. The monoisotopic (exact) mass is 839 g/mol. The Labute approximate surface area is 255 Å². The maximum atomic E-state index is 15.2. The summed E-state index contributed by atoms with van der Waals surface area (Å²) in [6, 6.07) is 6.39. The first-order valence-corrected chi connectivity index (χ1v) is 12.9. The molecule has 220 valence electrons. The van der Waals surface area contributed by atoms with Gasteiger partial charge in [0.25, 0.3) is 11.8 Å². The van der Waals surface area contributed by atoms with Crippen LogP contribution < -0.4 is 8.43 Å². The minimum Gasteiger partial charge on any atom is -0.319 e. The summed E-state index contributed by atoms with van der Waals surface area (Å²) in [5, 5.41) is 2.29. The number of carbonyl (C=O) groups is 2. The lowest BCUT2D eigenvalue weighted by Gasteiger charge is -2.36. The zero-order valence-corrected chi connectivity index (χ0v) is 24.4. The molecule has 5 nitrogen and oxygen atoms in total. The number of alkyl halides is 9. The largest absolute Gasteiger partial charge is 0.457 e. The second-order valence-electron chi connectivity index (χ2n) is 7.97. The fourth-order valence-corrected chi connectivity index (χ4v) is 5.32. The molecule has 0 aliphatic rings. The highest BCUT2D eigenvalue weighted by molar-refractivity contribution is 14.1. The number of pyridine rings is 1. The first kappa shape index (κ1) is 33.1. The quantitative estimate of drug-likeness (QED) is 0.117. The molecule has 0 aliphatic heterocycles. The van der Waals surface area contributed by atoms with Gasteiger partial charge in [0.15, 0.2) is 5.82 Å². The van der Waals surface area contributed by atoms with Gasteiger partial charge in [-0.05, 0) is 59.0 Å². The Morgan fingerprint density at radius 3 is 2.05 bits per heavy atom. The van der Waals surface area contributed by atoms with Gasteiger partial charge < -0.3 is 5.32 Å². The lowest BCUT2D eigenvalue weighted by Crippen LogP contribution is -2.59. The molecular formula is C23H10ClF10I2N3O2. The molecule has 0 aliphatic carbocycles. The van der Waals surface area contributed by atoms with Gasteiger partial charge in [-0.3, -0.25) is 9.59 Å². The van der Waals surface area contributed by atoms with Gasteiger partial charge in [0, 0.05) is 15.3 Å². The van der Waals surface area contributed by atoms with E-state index in [1.807, 2.05) is 0 Å². The number of rotatable bonds is 6. The Bertz CT molecular complexity index is 1490. The Morgan fingerprint density at radius 2 is 1.54 bits per heavy atom. The van der Waals surface area contributed by atoms with Crippen LogP contribution in [0.15, 0.2) is 54.7 Å². The van der Waals surface area contributed by atoms with E-state index < -0.39 is 67.6 Å². The summed E-state index contributed by atoms with van der Waals surface area (Å²) < 4.78 is 136. The summed E-state index contributed by atoms with van der Waals surface area (Å²) >= 11 is 8.10. The highest BCUT2D eigenvalue weighted by Crippen LogP contribution is 2.58. The maximum absolute atomic E-state index is 15.2. The molecule has 3 aromatic rings. The summed E-state index contributed by atoms with van der Waals surface area (Å²) in [4.78, 5) is 29.1. The summed E-state index contributed by atoms with van der Waals surface area (Å²) in [5.74, 6) is -10.1. The van der Waals surface area contributed by atoms with Crippen molar-refractivity contribution >= 4 is 80.2 Å². The van der Waals surface area contributed by atoms with Crippen molar-refractivity contribution in [1.82, 2.24) is 4.98 Å². The number of benzene rings is 2. The summed E-state index contributed by atoms with van der Waals surface area (Å²) in [7, 11) is 0. The van der Waals surface area contributed by atoms with E-state index in [4.69, 9.17) is 11.6 Å². The van der Waals surface area contributed by atoms with Crippen molar-refractivity contribution in [3.63, 3.8) is 0 Å². The zero-order chi connectivity index (χ0) is 31.1. The van der Waals surface area contributed by atoms with Crippen LogP contribution in [0.25, 0.3) is 0 Å². The Hall–Kier alpha value is -2.42. The number of anilines is 2. The minimum atomic E-state index is -6.91. The molecule has 18 heteroatoms. The van der Waals surface area contributed by atoms with Gasteiger partial charge >= 0.3 is 23.9 Å². The number of hydrogen-bond acceptors (Lipinski definition) is 3. The molecule has 1 unspecified atom stereocenters. The Balaban J connectivity index is 1.96. The van der Waals surface area contributed by atoms with Crippen LogP contribution in [-0.2, 0) is 5.67 Å². The van der Waals surface area contributed by atoms with Crippen molar-refractivity contribution in [2.24, 2.45) is 0 Å². The number of aromatic nitrogens is 1. The predicted octanol–water partition coefficient (Wildman–Crippen LogP) is 8.65. The number of halogens is 13. The fourth-order valence-electron chi connectivity index (χ4n) is 3.31. The smallest absolute Gasteiger partial charge is 0.319 e. The number of amides is 2. The molecule has 0 saturated heterocycles. The third-order valence-corrected chi connectivity index (χ3v) is 7.43. The van der Waals surface area contributed by atoms with Crippen LogP contribution >= 0.6 is 57.1 Å². The average Bonchev–Trinajstić information content (AvgIpc) is 2.87. The predicted molar refractivity (Wildman–Crippen MR) is 143 cm³/mol. The summed E-state index contributed by atoms with van der Waals surface area (Å²) in [5.41, 5.74) is -9.81. The van der Waals surface area contributed by atoms with Crippen LogP contribution in [0.3, 0.4) is 0 Å². The van der Waals surface area contributed by atoms with Crippen LogP contribution in [0, 0.1) is 9.39 Å². The summed E-state index contributed by atoms with van der Waals surface area (Å²) in [6.07, 6.45) is -12.5. The molecule has 0 bridgehead atoms. The topological polar surface area (TPSA) is 62.3 Å². The number of nitrogens with zero attached hydrogens (tertiary/aromatic N) is 2. The van der Waals surface area contributed by atoms with E-state index in [0.717, 1.165) is 18.3 Å². The molecule has 2 aromatic carbocycles. The first-order valence-electron chi connectivity index (χ1n) is 10.5. The van der Waals surface area contributed by atoms with Gasteiger partial charge in [-0.2, -0.15) is 35.1 Å². The van der Waals surface area contributed by atoms with E-state index in [2.05, 4.69) is 10.3 Å².